The molecule has 100 valence electrons. The van der Waals surface area contributed by atoms with E-state index < -0.39 is 0 Å². The van der Waals surface area contributed by atoms with Crippen molar-refractivity contribution in [2.24, 2.45) is 0 Å². The van der Waals surface area contributed by atoms with Crippen molar-refractivity contribution in [3.63, 3.8) is 0 Å². The lowest BCUT2D eigenvalue weighted by Gasteiger charge is -2.12. The third kappa shape index (κ3) is 3.26. The SMILES string of the molecule is CCCc1c(NC)ncnc1Sc1ccccc1C. The fourth-order valence-electron chi connectivity index (χ4n) is 1.95. The smallest absolute Gasteiger partial charge is 0.133 e. The topological polar surface area (TPSA) is 37.8 Å². The number of benzene rings is 1. The maximum Gasteiger partial charge on any atom is 0.133 e. The first-order valence-electron chi connectivity index (χ1n) is 6.51. The van der Waals surface area contributed by atoms with E-state index in [2.05, 4.69) is 53.4 Å². The fourth-order valence-corrected chi connectivity index (χ4v) is 2.96. The van der Waals surface area contributed by atoms with Crippen LogP contribution in [0.3, 0.4) is 0 Å². The van der Waals surface area contributed by atoms with Gasteiger partial charge in [-0.1, -0.05) is 43.3 Å². The van der Waals surface area contributed by atoms with Crippen molar-refractivity contribution < 1.29 is 0 Å². The molecular formula is C15H19N3S. The van der Waals surface area contributed by atoms with Crippen LogP contribution in [0.25, 0.3) is 0 Å². The van der Waals surface area contributed by atoms with Crippen LogP contribution >= 0.6 is 11.8 Å². The van der Waals surface area contributed by atoms with E-state index in [1.54, 1.807) is 18.1 Å². The van der Waals surface area contributed by atoms with Gasteiger partial charge in [-0.2, -0.15) is 0 Å². The summed E-state index contributed by atoms with van der Waals surface area (Å²) in [6.45, 7) is 4.30. The largest absolute Gasteiger partial charge is 0.373 e. The van der Waals surface area contributed by atoms with E-state index in [0.717, 1.165) is 23.7 Å². The summed E-state index contributed by atoms with van der Waals surface area (Å²) in [6.07, 6.45) is 3.71. The van der Waals surface area contributed by atoms with Gasteiger partial charge in [0.2, 0.25) is 0 Å². The minimum Gasteiger partial charge on any atom is -0.373 e. The summed E-state index contributed by atoms with van der Waals surface area (Å²) in [5.74, 6) is 0.938. The summed E-state index contributed by atoms with van der Waals surface area (Å²) in [7, 11) is 1.91. The van der Waals surface area contributed by atoms with E-state index >= 15 is 0 Å². The average molecular weight is 273 g/mol. The van der Waals surface area contributed by atoms with Crippen LogP contribution in [0.1, 0.15) is 24.5 Å². The Morgan fingerprint density at radius 1 is 1.21 bits per heavy atom. The summed E-state index contributed by atoms with van der Waals surface area (Å²) in [6, 6.07) is 8.39. The highest BCUT2D eigenvalue weighted by Gasteiger charge is 2.11. The van der Waals surface area contributed by atoms with Crippen LogP contribution in [0.15, 0.2) is 40.5 Å². The van der Waals surface area contributed by atoms with Crippen molar-refractivity contribution in [2.75, 3.05) is 12.4 Å². The van der Waals surface area contributed by atoms with Crippen LogP contribution in [0, 0.1) is 6.92 Å². The second kappa shape index (κ2) is 6.57. The molecule has 1 aromatic carbocycles. The molecule has 0 atom stereocenters. The van der Waals surface area contributed by atoms with Crippen LogP contribution in [0.2, 0.25) is 0 Å². The van der Waals surface area contributed by atoms with Gasteiger partial charge < -0.3 is 5.32 Å². The molecule has 4 heteroatoms. The zero-order valence-electron chi connectivity index (χ0n) is 11.6. The molecule has 2 aromatic rings. The van der Waals surface area contributed by atoms with Gasteiger partial charge in [-0.15, -0.1) is 0 Å². The van der Waals surface area contributed by atoms with Crippen molar-refractivity contribution in [2.45, 2.75) is 36.6 Å². The summed E-state index contributed by atoms with van der Waals surface area (Å²) in [5.41, 5.74) is 2.49. The van der Waals surface area contributed by atoms with Gasteiger partial charge in [0.15, 0.2) is 0 Å². The molecule has 0 aliphatic carbocycles. The van der Waals surface area contributed by atoms with Crippen LogP contribution in [0.5, 0.6) is 0 Å². The summed E-state index contributed by atoms with van der Waals surface area (Å²) in [5, 5.41) is 4.21. The molecule has 1 aromatic heterocycles. The number of rotatable bonds is 5. The second-order valence-electron chi connectivity index (χ2n) is 4.37. The van der Waals surface area contributed by atoms with Crippen molar-refractivity contribution >= 4 is 17.6 Å². The first kappa shape index (κ1) is 13.9. The lowest BCUT2D eigenvalue weighted by Crippen LogP contribution is -2.02. The standard InChI is InChI=1S/C15H19N3S/c1-4-7-12-14(16-3)17-10-18-15(12)19-13-9-6-5-8-11(13)2/h5-6,8-10H,4,7H2,1-3H3,(H,16,17,18). The molecule has 0 saturated carbocycles. The number of aromatic nitrogens is 2. The van der Waals surface area contributed by atoms with Gasteiger partial charge in [0.1, 0.15) is 17.2 Å². The normalized spacial score (nSPS) is 10.5. The Morgan fingerprint density at radius 2 is 2.00 bits per heavy atom. The average Bonchev–Trinajstić information content (AvgIpc) is 2.43. The molecule has 3 nitrogen and oxygen atoms in total. The molecule has 1 N–H and O–H groups in total. The minimum absolute atomic E-state index is 0.938. The third-order valence-corrected chi connectivity index (χ3v) is 4.17. The maximum absolute atomic E-state index is 4.45. The highest BCUT2D eigenvalue weighted by molar-refractivity contribution is 7.99. The van der Waals surface area contributed by atoms with Crippen molar-refractivity contribution in [3.8, 4) is 0 Å². The third-order valence-electron chi connectivity index (χ3n) is 2.94. The van der Waals surface area contributed by atoms with Crippen molar-refractivity contribution in [1.29, 1.82) is 0 Å². The molecule has 19 heavy (non-hydrogen) atoms. The molecule has 0 aliphatic heterocycles. The van der Waals surface area contributed by atoms with Gasteiger partial charge in [-0.3, -0.25) is 0 Å². The highest BCUT2D eigenvalue weighted by Crippen LogP contribution is 2.33. The summed E-state index contributed by atoms with van der Waals surface area (Å²) < 4.78 is 0. The predicted octanol–water partition coefficient (Wildman–Crippen LogP) is 3.93. The van der Waals surface area contributed by atoms with Gasteiger partial charge >= 0.3 is 0 Å². The van der Waals surface area contributed by atoms with Gasteiger partial charge in [0.05, 0.1) is 0 Å². The number of aryl methyl sites for hydroxylation is 1. The second-order valence-corrected chi connectivity index (χ2v) is 5.40. The van der Waals surface area contributed by atoms with Gasteiger partial charge in [0, 0.05) is 17.5 Å². The Bertz CT molecular complexity index is 555. The van der Waals surface area contributed by atoms with Gasteiger partial charge in [0.25, 0.3) is 0 Å². The maximum atomic E-state index is 4.45. The minimum atomic E-state index is 0.938. The Morgan fingerprint density at radius 3 is 2.68 bits per heavy atom. The molecule has 0 fully saturated rings. The molecule has 0 amide bonds. The molecule has 0 aliphatic rings. The predicted molar refractivity (Wildman–Crippen MR) is 80.9 cm³/mol. The van der Waals surface area contributed by atoms with Crippen molar-refractivity contribution in [1.82, 2.24) is 9.97 Å². The molecular weight excluding hydrogens is 254 g/mol. The molecule has 0 spiro atoms. The van der Waals surface area contributed by atoms with Gasteiger partial charge in [-0.05, 0) is 25.0 Å². The molecule has 1 heterocycles. The zero-order chi connectivity index (χ0) is 13.7. The van der Waals surface area contributed by atoms with Gasteiger partial charge in [-0.25, -0.2) is 9.97 Å². The zero-order valence-corrected chi connectivity index (χ0v) is 12.4. The molecule has 0 bridgehead atoms. The van der Waals surface area contributed by atoms with Crippen LogP contribution in [-0.2, 0) is 6.42 Å². The van der Waals surface area contributed by atoms with Crippen LogP contribution in [-0.4, -0.2) is 17.0 Å². The number of nitrogens with one attached hydrogen (secondary N) is 1. The fraction of sp³-hybridized carbons (Fsp3) is 0.333. The number of nitrogens with zero attached hydrogens (tertiary/aromatic N) is 2. The number of hydrogen-bond acceptors (Lipinski definition) is 4. The van der Waals surface area contributed by atoms with Crippen molar-refractivity contribution in [3.05, 3.63) is 41.7 Å². The molecule has 0 saturated heterocycles. The highest BCUT2D eigenvalue weighted by atomic mass is 32.2. The summed E-state index contributed by atoms with van der Waals surface area (Å²) >= 11 is 1.72. The quantitative estimate of drug-likeness (QED) is 0.838. The Hall–Kier alpha value is -1.55. The van der Waals surface area contributed by atoms with E-state index in [4.69, 9.17) is 0 Å². The Labute approximate surface area is 118 Å². The van der Waals surface area contributed by atoms with E-state index in [0.29, 0.717) is 0 Å². The van der Waals surface area contributed by atoms with Crippen LogP contribution in [0.4, 0.5) is 5.82 Å². The van der Waals surface area contributed by atoms with E-state index in [1.807, 2.05) is 7.05 Å². The lowest BCUT2D eigenvalue weighted by atomic mass is 10.2. The Kier molecular flexibility index (Phi) is 4.80. The van der Waals surface area contributed by atoms with Crippen LogP contribution < -0.4 is 5.32 Å². The Balaban J connectivity index is 2.37. The molecule has 0 unspecified atom stereocenters. The molecule has 0 radical (unpaired) electrons. The number of hydrogen-bond donors (Lipinski definition) is 1. The lowest BCUT2D eigenvalue weighted by molar-refractivity contribution is 0.858. The monoisotopic (exact) mass is 273 g/mol. The first-order valence-corrected chi connectivity index (χ1v) is 7.33. The molecule has 2 rings (SSSR count). The summed E-state index contributed by atoms with van der Waals surface area (Å²) in [4.78, 5) is 10.0. The first-order chi connectivity index (χ1) is 9.26. The number of anilines is 1. The van der Waals surface area contributed by atoms with E-state index in [9.17, 15) is 0 Å². The van der Waals surface area contributed by atoms with E-state index in [-0.39, 0.29) is 0 Å². The van der Waals surface area contributed by atoms with E-state index in [1.165, 1.54) is 16.0 Å².